The van der Waals surface area contributed by atoms with E-state index in [9.17, 15) is 0 Å². The van der Waals surface area contributed by atoms with Gasteiger partial charge in [0.25, 0.3) is 0 Å². The van der Waals surface area contributed by atoms with Gasteiger partial charge in [0.2, 0.25) is 5.89 Å². The van der Waals surface area contributed by atoms with Crippen molar-refractivity contribution in [2.75, 3.05) is 0 Å². The number of hydrogen-bond donors (Lipinski definition) is 0. The van der Waals surface area contributed by atoms with E-state index in [0.717, 1.165) is 21.1 Å². The van der Waals surface area contributed by atoms with Crippen LogP contribution in [0.5, 0.6) is 0 Å². The van der Waals surface area contributed by atoms with Crippen molar-refractivity contribution in [1.29, 1.82) is 0 Å². The Morgan fingerprint density at radius 2 is 1.83 bits per heavy atom. The maximum absolute atomic E-state index is 5.86. The molecule has 2 nitrogen and oxygen atoms in total. The largest absolute Gasteiger partial charge is 0.435 e. The second-order valence-electron chi connectivity index (χ2n) is 4.37. The summed E-state index contributed by atoms with van der Waals surface area (Å²) in [6.07, 6.45) is 0. The summed E-state index contributed by atoms with van der Waals surface area (Å²) >= 11 is 3.58. The number of fused-ring (bicyclic) bond motifs is 1. The molecule has 90 valence electrons. The predicted octanol–water partition coefficient (Wildman–Crippen LogP) is 4.87. The minimum atomic E-state index is 0.663. The molecule has 0 saturated carbocycles. The van der Waals surface area contributed by atoms with Crippen LogP contribution in [0.3, 0.4) is 0 Å². The molecular weight excluding hydrogens is 290 g/mol. The predicted molar refractivity (Wildman–Crippen MR) is 76.6 cm³/mol. The molecule has 0 aliphatic rings. The Bertz CT molecular complexity index is 716. The first-order valence-corrected chi connectivity index (χ1v) is 6.58. The molecule has 0 N–H and O–H groups in total. The van der Waals surface area contributed by atoms with Crippen LogP contribution in [0.15, 0.2) is 45.3 Å². The summed E-state index contributed by atoms with van der Waals surface area (Å²) in [7, 11) is 0. The smallest absolute Gasteiger partial charge is 0.227 e. The third-order valence-corrected chi connectivity index (χ3v) is 4.10. The zero-order valence-electron chi connectivity index (χ0n) is 10.2. The maximum atomic E-state index is 5.86. The average molecular weight is 302 g/mol. The summed E-state index contributed by atoms with van der Waals surface area (Å²) in [6, 6.07) is 12.0. The molecule has 18 heavy (non-hydrogen) atoms. The Labute approximate surface area is 114 Å². The molecule has 0 bridgehead atoms. The first-order chi connectivity index (χ1) is 8.66. The lowest BCUT2D eigenvalue weighted by Gasteiger charge is -2.01. The molecule has 2 aromatic carbocycles. The van der Waals surface area contributed by atoms with Crippen LogP contribution in [0.4, 0.5) is 0 Å². The highest BCUT2D eigenvalue weighted by Gasteiger charge is 2.13. The lowest BCUT2D eigenvalue weighted by atomic mass is 10.1. The summed E-state index contributed by atoms with van der Waals surface area (Å²) < 4.78 is 6.86. The lowest BCUT2D eigenvalue weighted by Crippen LogP contribution is -1.83. The number of rotatable bonds is 1. The number of oxazole rings is 1. The fourth-order valence-corrected chi connectivity index (χ4v) is 2.54. The molecule has 0 aliphatic heterocycles. The lowest BCUT2D eigenvalue weighted by molar-refractivity contribution is 0.617. The van der Waals surface area contributed by atoms with Crippen LogP contribution >= 0.6 is 15.9 Å². The molecule has 0 spiro atoms. The van der Waals surface area contributed by atoms with E-state index in [1.807, 2.05) is 30.3 Å². The SMILES string of the molecule is Cc1cc2nc(-c3ccccc3)oc2c(Br)c1C. The van der Waals surface area contributed by atoms with Gasteiger partial charge >= 0.3 is 0 Å². The zero-order valence-corrected chi connectivity index (χ0v) is 11.8. The van der Waals surface area contributed by atoms with Gasteiger partial charge in [-0.15, -0.1) is 0 Å². The third kappa shape index (κ3) is 1.75. The summed E-state index contributed by atoms with van der Waals surface area (Å²) in [4.78, 5) is 4.55. The van der Waals surface area contributed by atoms with Crippen LogP contribution in [0.25, 0.3) is 22.6 Å². The van der Waals surface area contributed by atoms with E-state index in [4.69, 9.17) is 4.42 Å². The molecule has 0 saturated heterocycles. The molecule has 3 heteroatoms. The molecule has 3 aromatic rings. The van der Waals surface area contributed by atoms with Gasteiger partial charge in [-0.25, -0.2) is 4.98 Å². The normalized spacial score (nSPS) is 11.1. The first-order valence-electron chi connectivity index (χ1n) is 5.78. The van der Waals surface area contributed by atoms with Crippen LogP contribution in [0.2, 0.25) is 0 Å². The van der Waals surface area contributed by atoms with Gasteiger partial charge < -0.3 is 4.42 Å². The van der Waals surface area contributed by atoms with E-state index in [1.54, 1.807) is 0 Å². The fraction of sp³-hybridized carbons (Fsp3) is 0.133. The number of halogens is 1. The van der Waals surface area contributed by atoms with Crippen LogP contribution in [0.1, 0.15) is 11.1 Å². The van der Waals surface area contributed by atoms with E-state index in [2.05, 4.69) is 40.8 Å². The molecule has 1 aromatic heterocycles. The number of aryl methyl sites for hydroxylation is 1. The maximum Gasteiger partial charge on any atom is 0.227 e. The third-order valence-electron chi connectivity index (χ3n) is 3.15. The van der Waals surface area contributed by atoms with Crippen molar-refractivity contribution in [2.45, 2.75) is 13.8 Å². The van der Waals surface area contributed by atoms with Gasteiger partial charge in [-0.3, -0.25) is 0 Å². The van der Waals surface area contributed by atoms with Gasteiger partial charge in [0.1, 0.15) is 5.52 Å². The fourth-order valence-electron chi connectivity index (χ4n) is 1.95. The summed E-state index contributed by atoms with van der Waals surface area (Å²) in [5, 5.41) is 0. The summed E-state index contributed by atoms with van der Waals surface area (Å²) in [5.41, 5.74) is 5.11. The Hall–Kier alpha value is -1.61. The monoisotopic (exact) mass is 301 g/mol. The van der Waals surface area contributed by atoms with E-state index < -0.39 is 0 Å². The Morgan fingerprint density at radius 3 is 2.56 bits per heavy atom. The minimum absolute atomic E-state index is 0.663. The van der Waals surface area contributed by atoms with Gasteiger partial charge in [-0.1, -0.05) is 18.2 Å². The number of aromatic nitrogens is 1. The van der Waals surface area contributed by atoms with E-state index in [-0.39, 0.29) is 0 Å². The standard InChI is InChI=1S/C15H12BrNO/c1-9-8-12-14(13(16)10(9)2)18-15(17-12)11-6-4-3-5-7-11/h3-8H,1-2H3. The minimum Gasteiger partial charge on any atom is -0.435 e. The van der Waals surface area contributed by atoms with Crippen molar-refractivity contribution in [1.82, 2.24) is 4.98 Å². The molecule has 0 amide bonds. The van der Waals surface area contributed by atoms with E-state index in [0.29, 0.717) is 5.89 Å². The topological polar surface area (TPSA) is 26.0 Å². The molecule has 0 atom stereocenters. The van der Waals surface area contributed by atoms with Crippen molar-refractivity contribution in [3.05, 3.63) is 52.0 Å². The molecular formula is C15H12BrNO. The second kappa shape index (κ2) is 4.25. The van der Waals surface area contributed by atoms with E-state index in [1.165, 1.54) is 11.1 Å². The molecule has 0 unspecified atom stereocenters. The van der Waals surface area contributed by atoms with Gasteiger partial charge in [-0.2, -0.15) is 0 Å². The Morgan fingerprint density at radius 1 is 1.11 bits per heavy atom. The molecule has 0 fully saturated rings. The number of benzene rings is 2. The van der Waals surface area contributed by atoms with Gasteiger partial charge in [0, 0.05) is 5.56 Å². The van der Waals surface area contributed by atoms with Crippen molar-refractivity contribution in [2.24, 2.45) is 0 Å². The summed E-state index contributed by atoms with van der Waals surface area (Å²) in [6.45, 7) is 4.15. The number of nitrogens with zero attached hydrogens (tertiary/aromatic N) is 1. The molecule has 3 rings (SSSR count). The second-order valence-corrected chi connectivity index (χ2v) is 5.16. The van der Waals surface area contributed by atoms with Crippen LogP contribution in [0, 0.1) is 13.8 Å². The Balaban J connectivity index is 2.27. The highest BCUT2D eigenvalue weighted by molar-refractivity contribution is 9.10. The van der Waals surface area contributed by atoms with Gasteiger partial charge in [0.15, 0.2) is 5.58 Å². The molecule has 0 radical (unpaired) electrons. The van der Waals surface area contributed by atoms with Crippen molar-refractivity contribution in [3.8, 4) is 11.5 Å². The quantitative estimate of drug-likeness (QED) is 0.640. The molecule has 0 aliphatic carbocycles. The van der Waals surface area contributed by atoms with Gasteiger partial charge in [0.05, 0.1) is 4.47 Å². The van der Waals surface area contributed by atoms with Crippen LogP contribution in [-0.2, 0) is 0 Å². The van der Waals surface area contributed by atoms with Crippen molar-refractivity contribution in [3.63, 3.8) is 0 Å². The average Bonchev–Trinajstić information content (AvgIpc) is 2.81. The van der Waals surface area contributed by atoms with E-state index >= 15 is 0 Å². The van der Waals surface area contributed by atoms with Gasteiger partial charge in [-0.05, 0) is 59.1 Å². The summed E-state index contributed by atoms with van der Waals surface area (Å²) in [5.74, 6) is 0.663. The van der Waals surface area contributed by atoms with Crippen molar-refractivity contribution >= 4 is 27.0 Å². The highest BCUT2D eigenvalue weighted by atomic mass is 79.9. The van der Waals surface area contributed by atoms with Crippen LogP contribution in [-0.4, -0.2) is 4.98 Å². The number of hydrogen-bond acceptors (Lipinski definition) is 2. The zero-order chi connectivity index (χ0) is 12.7. The highest BCUT2D eigenvalue weighted by Crippen LogP contribution is 2.33. The van der Waals surface area contributed by atoms with Crippen LogP contribution < -0.4 is 0 Å². The van der Waals surface area contributed by atoms with Crippen molar-refractivity contribution < 1.29 is 4.42 Å². The molecule has 1 heterocycles. The Kier molecular flexibility index (Phi) is 2.71. The first kappa shape index (κ1) is 11.5.